The summed E-state index contributed by atoms with van der Waals surface area (Å²) in [5, 5.41) is 4.99. The standard InChI is InChI=1S/C22H23N3O4S/c26-30(27,24-16-5-7-20-21(15-16)29-14-13-28-20)22-8-6-19(25-11-9-23-10-12-25)17-3-1-2-4-18(17)22/h1-8,15,23-24H,9-14H2. The third-order valence-electron chi connectivity index (χ3n) is 5.40. The van der Waals surface area contributed by atoms with Gasteiger partial charge in [-0.3, -0.25) is 4.72 Å². The fraction of sp³-hybridized carbons (Fsp3) is 0.273. The molecule has 8 heteroatoms. The van der Waals surface area contributed by atoms with E-state index in [2.05, 4.69) is 14.9 Å². The van der Waals surface area contributed by atoms with Crippen LogP contribution in [0.15, 0.2) is 59.5 Å². The number of rotatable bonds is 4. The number of fused-ring (bicyclic) bond motifs is 2. The maximum absolute atomic E-state index is 13.3. The molecular weight excluding hydrogens is 402 g/mol. The monoisotopic (exact) mass is 425 g/mol. The quantitative estimate of drug-likeness (QED) is 0.669. The van der Waals surface area contributed by atoms with Gasteiger partial charge in [0.05, 0.1) is 10.6 Å². The zero-order valence-electron chi connectivity index (χ0n) is 16.4. The van der Waals surface area contributed by atoms with E-state index in [0.717, 1.165) is 37.3 Å². The number of nitrogens with zero attached hydrogens (tertiary/aromatic N) is 1. The van der Waals surface area contributed by atoms with Crippen molar-refractivity contribution in [2.24, 2.45) is 0 Å². The molecule has 1 fully saturated rings. The van der Waals surface area contributed by atoms with Crippen molar-refractivity contribution in [1.82, 2.24) is 5.32 Å². The van der Waals surface area contributed by atoms with Crippen LogP contribution in [-0.2, 0) is 10.0 Å². The molecule has 156 valence electrons. The molecule has 0 bridgehead atoms. The lowest BCUT2D eigenvalue weighted by molar-refractivity contribution is 0.171. The molecule has 2 aliphatic rings. The molecule has 0 atom stereocenters. The molecule has 0 spiro atoms. The molecule has 0 amide bonds. The molecule has 2 N–H and O–H groups in total. The number of nitrogens with one attached hydrogen (secondary N) is 2. The Morgan fingerprint density at radius 3 is 2.40 bits per heavy atom. The first-order valence-corrected chi connectivity index (χ1v) is 11.5. The van der Waals surface area contributed by atoms with Gasteiger partial charge in [-0.1, -0.05) is 24.3 Å². The van der Waals surface area contributed by atoms with Crippen molar-refractivity contribution < 1.29 is 17.9 Å². The largest absolute Gasteiger partial charge is 0.486 e. The minimum atomic E-state index is -3.79. The molecule has 3 aromatic rings. The van der Waals surface area contributed by atoms with Gasteiger partial charge in [0, 0.05) is 48.7 Å². The molecular formula is C22H23N3O4S. The number of ether oxygens (including phenoxy) is 2. The molecule has 0 saturated carbocycles. The van der Waals surface area contributed by atoms with Gasteiger partial charge in [-0.15, -0.1) is 0 Å². The summed E-state index contributed by atoms with van der Waals surface area (Å²) in [4.78, 5) is 2.55. The molecule has 0 radical (unpaired) electrons. The molecule has 30 heavy (non-hydrogen) atoms. The highest BCUT2D eigenvalue weighted by molar-refractivity contribution is 7.93. The first kappa shape index (κ1) is 19.0. The summed E-state index contributed by atoms with van der Waals surface area (Å²) in [6.45, 7) is 4.56. The van der Waals surface area contributed by atoms with Crippen LogP contribution in [0.5, 0.6) is 11.5 Å². The predicted molar refractivity (Wildman–Crippen MR) is 117 cm³/mol. The van der Waals surface area contributed by atoms with Gasteiger partial charge in [0.1, 0.15) is 13.2 Å². The summed E-state index contributed by atoms with van der Waals surface area (Å²) in [5.74, 6) is 1.16. The van der Waals surface area contributed by atoms with Gasteiger partial charge in [0.2, 0.25) is 0 Å². The lowest BCUT2D eigenvalue weighted by atomic mass is 10.1. The van der Waals surface area contributed by atoms with Crippen molar-refractivity contribution in [1.29, 1.82) is 0 Å². The lowest BCUT2D eigenvalue weighted by Crippen LogP contribution is -2.43. The lowest BCUT2D eigenvalue weighted by Gasteiger charge is -2.30. The third kappa shape index (κ3) is 3.53. The van der Waals surface area contributed by atoms with Gasteiger partial charge < -0.3 is 19.7 Å². The predicted octanol–water partition coefficient (Wildman–Crippen LogP) is 2.82. The molecule has 5 rings (SSSR count). The van der Waals surface area contributed by atoms with E-state index in [1.54, 1.807) is 24.3 Å². The van der Waals surface area contributed by atoms with Crippen LogP contribution in [0.2, 0.25) is 0 Å². The van der Waals surface area contributed by atoms with Crippen LogP contribution in [0.1, 0.15) is 0 Å². The van der Waals surface area contributed by atoms with Crippen LogP contribution in [0.3, 0.4) is 0 Å². The highest BCUT2D eigenvalue weighted by Crippen LogP contribution is 2.35. The van der Waals surface area contributed by atoms with E-state index < -0.39 is 10.0 Å². The van der Waals surface area contributed by atoms with Gasteiger partial charge >= 0.3 is 0 Å². The Kier molecular flexibility index (Phi) is 4.88. The van der Waals surface area contributed by atoms with Crippen LogP contribution in [0.4, 0.5) is 11.4 Å². The van der Waals surface area contributed by atoms with Crippen LogP contribution < -0.4 is 24.4 Å². The summed E-state index contributed by atoms with van der Waals surface area (Å²) in [7, 11) is -3.79. The van der Waals surface area contributed by atoms with Crippen LogP contribution >= 0.6 is 0 Å². The average Bonchev–Trinajstić information content (AvgIpc) is 2.78. The summed E-state index contributed by atoms with van der Waals surface area (Å²) in [6, 6.07) is 16.3. The van der Waals surface area contributed by atoms with Gasteiger partial charge in [-0.2, -0.15) is 0 Å². The van der Waals surface area contributed by atoms with E-state index in [1.807, 2.05) is 30.3 Å². The van der Waals surface area contributed by atoms with Crippen LogP contribution in [-0.4, -0.2) is 47.8 Å². The van der Waals surface area contributed by atoms with Crippen molar-refractivity contribution in [3.8, 4) is 11.5 Å². The SMILES string of the molecule is O=S(=O)(Nc1ccc2c(c1)OCCO2)c1ccc(N2CCNCC2)c2ccccc12. The summed E-state index contributed by atoms with van der Waals surface area (Å²) in [5.41, 5.74) is 1.50. The van der Waals surface area contributed by atoms with Crippen molar-refractivity contribution in [3.05, 3.63) is 54.6 Å². The summed E-state index contributed by atoms with van der Waals surface area (Å²) < 4.78 is 40.3. The Hall–Kier alpha value is -2.97. The van der Waals surface area contributed by atoms with E-state index in [1.165, 1.54) is 0 Å². The van der Waals surface area contributed by atoms with Gasteiger partial charge in [-0.05, 0) is 24.3 Å². The van der Waals surface area contributed by atoms with E-state index in [4.69, 9.17) is 9.47 Å². The normalized spacial score (nSPS) is 16.5. The Morgan fingerprint density at radius 2 is 1.60 bits per heavy atom. The van der Waals surface area contributed by atoms with E-state index in [0.29, 0.717) is 35.8 Å². The van der Waals surface area contributed by atoms with E-state index >= 15 is 0 Å². The Balaban J connectivity index is 1.52. The number of anilines is 2. The smallest absolute Gasteiger partial charge is 0.262 e. The van der Waals surface area contributed by atoms with E-state index in [9.17, 15) is 8.42 Å². The molecule has 0 aliphatic carbocycles. The first-order chi connectivity index (χ1) is 14.6. The minimum absolute atomic E-state index is 0.256. The average molecular weight is 426 g/mol. The first-order valence-electron chi connectivity index (χ1n) is 10.0. The molecule has 3 aromatic carbocycles. The molecule has 2 aliphatic heterocycles. The second-order valence-electron chi connectivity index (χ2n) is 7.33. The molecule has 0 unspecified atom stereocenters. The van der Waals surface area contributed by atoms with Gasteiger partial charge in [0.25, 0.3) is 10.0 Å². The molecule has 1 saturated heterocycles. The number of benzene rings is 3. The number of piperazine rings is 1. The molecule has 7 nitrogen and oxygen atoms in total. The second kappa shape index (κ2) is 7.70. The maximum Gasteiger partial charge on any atom is 0.262 e. The molecule has 2 heterocycles. The van der Waals surface area contributed by atoms with Crippen molar-refractivity contribution in [2.45, 2.75) is 4.90 Å². The fourth-order valence-corrected chi connectivity index (χ4v) is 5.25. The number of sulfonamides is 1. The Labute approximate surface area is 175 Å². The van der Waals surface area contributed by atoms with Crippen LogP contribution in [0.25, 0.3) is 10.8 Å². The zero-order valence-corrected chi connectivity index (χ0v) is 17.2. The van der Waals surface area contributed by atoms with Crippen LogP contribution in [0, 0.1) is 0 Å². The van der Waals surface area contributed by atoms with Crippen molar-refractivity contribution in [3.63, 3.8) is 0 Å². The third-order valence-corrected chi connectivity index (χ3v) is 6.84. The topological polar surface area (TPSA) is 79.9 Å². The van der Waals surface area contributed by atoms with Gasteiger partial charge in [0.15, 0.2) is 11.5 Å². The Bertz CT molecular complexity index is 1190. The summed E-state index contributed by atoms with van der Waals surface area (Å²) >= 11 is 0. The summed E-state index contributed by atoms with van der Waals surface area (Å²) in [6.07, 6.45) is 0. The maximum atomic E-state index is 13.3. The highest BCUT2D eigenvalue weighted by atomic mass is 32.2. The highest BCUT2D eigenvalue weighted by Gasteiger charge is 2.22. The number of hydrogen-bond acceptors (Lipinski definition) is 6. The van der Waals surface area contributed by atoms with Crippen molar-refractivity contribution >= 4 is 32.2 Å². The minimum Gasteiger partial charge on any atom is -0.486 e. The fourth-order valence-electron chi connectivity index (χ4n) is 3.99. The van der Waals surface area contributed by atoms with Crippen molar-refractivity contribution in [2.75, 3.05) is 49.0 Å². The van der Waals surface area contributed by atoms with Gasteiger partial charge in [-0.25, -0.2) is 8.42 Å². The molecule has 0 aromatic heterocycles. The Morgan fingerprint density at radius 1 is 0.867 bits per heavy atom. The zero-order chi connectivity index (χ0) is 20.6. The van der Waals surface area contributed by atoms with E-state index in [-0.39, 0.29) is 4.90 Å². The number of hydrogen-bond donors (Lipinski definition) is 2. The second-order valence-corrected chi connectivity index (χ2v) is 8.98.